The minimum atomic E-state index is -1.42. The molecule has 0 aliphatic heterocycles. The molecule has 0 amide bonds. The zero-order valence-electron chi connectivity index (χ0n) is 2.06. The predicted octanol–water partition coefficient (Wildman–Crippen LogP) is -0.740. The molecule has 0 aliphatic rings. The molecule has 0 heterocycles. The molecule has 0 radical (unpaired) electrons. The Kier molecular flexibility index (Phi) is 56.9. The van der Waals surface area contributed by atoms with E-state index in [0.717, 1.165) is 0 Å². The molecule has 0 saturated heterocycles. The fourth-order valence-electron chi connectivity index (χ4n) is 0. The van der Waals surface area contributed by atoms with Crippen LogP contribution in [0.5, 0.6) is 0 Å². The van der Waals surface area contributed by atoms with E-state index in [9.17, 15) is 0 Å². The van der Waals surface area contributed by atoms with E-state index in [4.69, 9.17) is 12.8 Å². The van der Waals surface area contributed by atoms with Crippen LogP contribution in [0.25, 0.3) is 0 Å². The first-order valence-corrected chi connectivity index (χ1v) is 1.79. The Balaban J connectivity index is 0. The van der Waals surface area contributed by atoms with Crippen LogP contribution in [0.15, 0.2) is 0 Å². The van der Waals surface area contributed by atoms with Crippen LogP contribution in [-0.2, 0) is 28.5 Å². The summed E-state index contributed by atoms with van der Waals surface area (Å²) in [5.74, 6) is 0. The van der Waals surface area contributed by atoms with E-state index in [2.05, 4.69) is 15.7 Å². The Morgan fingerprint density at radius 3 is 1.20 bits per heavy atom. The fraction of sp³-hybridized carbons (Fsp3) is 0. The standard InChI is InChI=1S/Co.O2Si.O/c;1-3-2;. The van der Waals surface area contributed by atoms with Crippen molar-refractivity contribution < 1.29 is 28.5 Å². The third kappa shape index (κ3) is 1220. The van der Waals surface area contributed by atoms with Crippen LogP contribution < -0.4 is 0 Å². The molecule has 0 aromatic rings. The first-order chi connectivity index (χ1) is 2.41. The average Bonchev–Trinajstić information content (AvgIpc) is 1.46. The molecule has 3 nitrogen and oxygen atoms in total. The van der Waals surface area contributed by atoms with Crippen molar-refractivity contribution in [2.75, 3.05) is 0 Å². The van der Waals surface area contributed by atoms with E-state index in [-0.39, 0.29) is 0 Å². The van der Waals surface area contributed by atoms with Gasteiger partial charge in [0.15, 0.2) is 0 Å². The summed E-state index contributed by atoms with van der Waals surface area (Å²) in [5.41, 5.74) is 0. The Morgan fingerprint density at radius 2 is 1.20 bits per heavy atom. The summed E-state index contributed by atoms with van der Waals surface area (Å²) >= 11 is 2.31. The van der Waals surface area contributed by atoms with Crippen LogP contribution in [0.2, 0.25) is 0 Å². The second kappa shape index (κ2) is 31.9. The molecule has 5 heteroatoms. The SMILES string of the molecule is O=[Si]=O.[O]=[Co]. The Hall–Kier alpha value is 0.123. The van der Waals surface area contributed by atoms with Crippen LogP contribution in [0, 0.1) is 0 Å². The summed E-state index contributed by atoms with van der Waals surface area (Å²) in [7, 11) is -1.42. The average molecular weight is 135 g/mol. The molecule has 31 valence electrons. The van der Waals surface area contributed by atoms with Crippen molar-refractivity contribution in [2.45, 2.75) is 0 Å². The summed E-state index contributed by atoms with van der Waals surface area (Å²) in [4.78, 5) is 0. The van der Waals surface area contributed by atoms with Crippen LogP contribution in [-0.4, -0.2) is 9.29 Å². The van der Waals surface area contributed by atoms with Gasteiger partial charge in [-0.15, -0.1) is 0 Å². The molecule has 0 unspecified atom stereocenters. The van der Waals surface area contributed by atoms with Gasteiger partial charge in [-0.25, -0.2) is 0 Å². The molecule has 0 N–H and O–H groups in total. The summed E-state index contributed by atoms with van der Waals surface area (Å²) < 4.78 is 24.7. The van der Waals surface area contributed by atoms with Crippen LogP contribution in [0.1, 0.15) is 0 Å². The van der Waals surface area contributed by atoms with Crippen molar-refractivity contribution >= 4 is 9.29 Å². The maximum absolute atomic E-state index is 8.40. The van der Waals surface area contributed by atoms with Gasteiger partial charge in [0.05, 0.1) is 0 Å². The zero-order chi connectivity index (χ0) is 4.71. The third-order valence-electron chi connectivity index (χ3n) is 0. The molecular formula is CoO3Si. The van der Waals surface area contributed by atoms with Gasteiger partial charge in [-0.2, -0.15) is 0 Å². The second-order valence-electron chi connectivity index (χ2n) is 0.0833. The van der Waals surface area contributed by atoms with Crippen molar-refractivity contribution in [3.63, 3.8) is 0 Å². The van der Waals surface area contributed by atoms with Gasteiger partial charge in [0.25, 0.3) is 0 Å². The van der Waals surface area contributed by atoms with E-state index in [0.29, 0.717) is 0 Å². The predicted molar refractivity (Wildman–Crippen MR) is 7.81 cm³/mol. The van der Waals surface area contributed by atoms with Gasteiger partial charge in [0.2, 0.25) is 0 Å². The molecule has 0 fully saturated rings. The normalized spacial score (nSPS) is 2.60. The van der Waals surface area contributed by atoms with Crippen molar-refractivity contribution in [1.29, 1.82) is 0 Å². The van der Waals surface area contributed by atoms with Gasteiger partial charge in [-0.1, -0.05) is 0 Å². The number of hydrogen-bond acceptors (Lipinski definition) is 3. The van der Waals surface area contributed by atoms with Gasteiger partial charge in [0, 0.05) is 0 Å². The molecule has 0 aromatic heterocycles. The summed E-state index contributed by atoms with van der Waals surface area (Å²) in [6.07, 6.45) is 0. The van der Waals surface area contributed by atoms with Crippen molar-refractivity contribution in [2.24, 2.45) is 0 Å². The summed E-state index contributed by atoms with van der Waals surface area (Å²) in [6, 6.07) is 0. The van der Waals surface area contributed by atoms with Gasteiger partial charge < -0.3 is 0 Å². The van der Waals surface area contributed by atoms with Crippen LogP contribution in [0.4, 0.5) is 0 Å². The number of rotatable bonds is 0. The Bertz CT molecular complexity index is 36.2. The Morgan fingerprint density at radius 1 is 1.20 bits per heavy atom. The van der Waals surface area contributed by atoms with Crippen LogP contribution >= 0.6 is 0 Å². The van der Waals surface area contributed by atoms with E-state index in [1.807, 2.05) is 0 Å². The maximum atomic E-state index is 8.40. The Labute approximate surface area is 38.5 Å². The third-order valence-corrected chi connectivity index (χ3v) is 0. The molecule has 0 rings (SSSR count). The molecular weight excluding hydrogens is 135 g/mol. The molecule has 0 aromatic carbocycles. The van der Waals surface area contributed by atoms with Crippen molar-refractivity contribution in [1.82, 2.24) is 0 Å². The van der Waals surface area contributed by atoms with Crippen molar-refractivity contribution in [3.05, 3.63) is 0 Å². The molecule has 0 atom stereocenters. The van der Waals surface area contributed by atoms with E-state index < -0.39 is 9.29 Å². The van der Waals surface area contributed by atoms with E-state index in [1.165, 1.54) is 0 Å². The van der Waals surface area contributed by atoms with E-state index >= 15 is 0 Å². The number of hydrogen-bond donors (Lipinski definition) is 0. The monoisotopic (exact) mass is 135 g/mol. The first kappa shape index (κ1) is 8.93. The molecule has 0 saturated carbocycles. The first-order valence-electron chi connectivity index (χ1n) is 0.544. The van der Waals surface area contributed by atoms with Gasteiger partial charge in [-0.05, 0) is 0 Å². The summed E-state index contributed by atoms with van der Waals surface area (Å²) in [6.45, 7) is 0. The topological polar surface area (TPSA) is 51.2 Å². The van der Waals surface area contributed by atoms with Gasteiger partial charge in [-0.3, -0.25) is 8.92 Å². The fourth-order valence-corrected chi connectivity index (χ4v) is 0. The van der Waals surface area contributed by atoms with Crippen LogP contribution in [0.3, 0.4) is 0 Å². The molecule has 5 heavy (non-hydrogen) atoms. The van der Waals surface area contributed by atoms with Gasteiger partial charge in [0.1, 0.15) is 0 Å². The van der Waals surface area contributed by atoms with Gasteiger partial charge >= 0.3 is 28.8 Å². The second-order valence-corrected chi connectivity index (χ2v) is 0.250. The van der Waals surface area contributed by atoms with Crippen molar-refractivity contribution in [3.8, 4) is 0 Å². The van der Waals surface area contributed by atoms with E-state index in [1.54, 1.807) is 0 Å². The zero-order valence-corrected chi connectivity index (χ0v) is 4.10. The molecule has 0 bridgehead atoms. The molecule has 0 spiro atoms. The summed E-state index contributed by atoms with van der Waals surface area (Å²) in [5, 5.41) is 0. The minimum absolute atomic E-state index is 1.42. The quantitative estimate of drug-likeness (QED) is 0.411. The molecule has 0 aliphatic carbocycles.